The lowest BCUT2D eigenvalue weighted by atomic mass is 9.88. The Morgan fingerprint density at radius 3 is 2.74 bits per heavy atom. The van der Waals surface area contributed by atoms with E-state index in [2.05, 4.69) is 34.3 Å². The van der Waals surface area contributed by atoms with Crippen molar-refractivity contribution in [1.82, 2.24) is 10.2 Å². The van der Waals surface area contributed by atoms with Crippen molar-refractivity contribution in [3.63, 3.8) is 0 Å². The van der Waals surface area contributed by atoms with Crippen molar-refractivity contribution in [3.8, 4) is 23.3 Å². The summed E-state index contributed by atoms with van der Waals surface area (Å²) in [5, 5.41) is 23.5. The molecule has 10 heteroatoms. The maximum absolute atomic E-state index is 12.7. The molecule has 2 heterocycles. The first kappa shape index (κ1) is 31.0. The first-order chi connectivity index (χ1) is 20.3. The number of benzene rings is 2. The molecule has 2 aliphatic heterocycles. The second-order valence-electron chi connectivity index (χ2n) is 11.1. The molecule has 42 heavy (non-hydrogen) atoms. The summed E-state index contributed by atoms with van der Waals surface area (Å²) in [6, 6.07) is 11.9. The van der Waals surface area contributed by atoms with Crippen molar-refractivity contribution in [2.45, 2.75) is 38.8 Å². The summed E-state index contributed by atoms with van der Waals surface area (Å²) in [7, 11) is 5.51. The minimum absolute atomic E-state index is 0.249. The molecule has 0 radical (unpaired) electrons. The summed E-state index contributed by atoms with van der Waals surface area (Å²) in [4.78, 5) is 14.7. The molecule has 2 aromatic carbocycles. The number of likely N-dealkylation sites (N-methyl/N-ethyl adjacent to an activating group) is 1. The van der Waals surface area contributed by atoms with E-state index >= 15 is 0 Å². The van der Waals surface area contributed by atoms with Crippen molar-refractivity contribution >= 4 is 23.0 Å². The van der Waals surface area contributed by atoms with E-state index in [1.807, 2.05) is 56.3 Å². The second-order valence-corrected chi connectivity index (χ2v) is 11.1. The number of nitrogens with zero attached hydrogens (tertiary/aromatic N) is 2. The molecule has 4 N–H and O–H groups in total. The quantitative estimate of drug-likeness (QED) is 0.268. The largest absolute Gasteiger partial charge is 0.493 e. The van der Waals surface area contributed by atoms with Gasteiger partial charge in [0.05, 0.1) is 37.4 Å². The number of methoxy groups -OCH3 is 1. The van der Waals surface area contributed by atoms with Crippen LogP contribution < -0.4 is 35.5 Å². The van der Waals surface area contributed by atoms with E-state index < -0.39 is 0 Å². The second kappa shape index (κ2) is 14.8. The van der Waals surface area contributed by atoms with Crippen LogP contribution >= 0.6 is 0 Å². The zero-order valence-electron chi connectivity index (χ0n) is 25.3. The number of piperidine rings is 1. The van der Waals surface area contributed by atoms with Crippen molar-refractivity contribution in [2.24, 2.45) is 11.8 Å². The molecule has 4 unspecified atom stereocenters. The highest BCUT2D eigenvalue weighted by Gasteiger charge is 2.31. The number of anilines is 3. The predicted octanol–water partition coefficient (Wildman–Crippen LogP) is 4.64. The van der Waals surface area contributed by atoms with Gasteiger partial charge < -0.3 is 40.4 Å². The average molecular weight is 577 g/mol. The first-order valence-corrected chi connectivity index (χ1v) is 14.7. The molecular formula is C32H44N6O4. The maximum Gasteiger partial charge on any atom is 0.248 e. The molecular weight excluding hydrogens is 532 g/mol. The van der Waals surface area contributed by atoms with Gasteiger partial charge in [0.1, 0.15) is 12.4 Å². The third-order valence-corrected chi connectivity index (χ3v) is 7.70. The van der Waals surface area contributed by atoms with E-state index in [9.17, 15) is 10.1 Å². The van der Waals surface area contributed by atoms with Gasteiger partial charge in [0.15, 0.2) is 11.5 Å². The average Bonchev–Trinajstić information content (AvgIpc) is 2.97. The Bertz CT molecular complexity index is 1290. The molecule has 1 amide bonds. The predicted molar refractivity (Wildman–Crippen MR) is 167 cm³/mol. The number of fused-ring (bicyclic) bond motifs is 1. The Kier molecular flexibility index (Phi) is 10.9. The van der Waals surface area contributed by atoms with Crippen molar-refractivity contribution in [1.29, 1.82) is 5.26 Å². The fourth-order valence-electron chi connectivity index (χ4n) is 5.35. The van der Waals surface area contributed by atoms with Crippen LogP contribution in [0.3, 0.4) is 0 Å². The fraction of sp³-hybridized carbons (Fsp3) is 0.500. The maximum atomic E-state index is 12.7. The SMILES string of the molecule is CCOc1cc2c(cc1NC(=O)/C=C/CN(C)C)C(Nc1ccc(OCC3NCCCC3C)c(OC)c1)C(C#N)CN2. The Morgan fingerprint density at radius 2 is 2.02 bits per heavy atom. The summed E-state index contributed by atoms with van der Waals surface area (Å²) in [6.45, 7) is 7.31. The third kappa shape index (κ3) is 7.87. The van der Waals surface area contributed by atoms with E-state index in [-0.39, 0.29) is 17.9 Å². The topological polar surface area (TPSA) is 120 Å². The standard InChI is InChI=1S/C32H44N6O4/c1-6-41-29-17-25-24(16-26(29)37-31(39)10-8-14-38(3)4)32(22(18-33)19-35-25)36-23-11-12-28(30(15-23)40-5)42-20-27-21(2)9-7-13-34-27/h8,10-12,15-17,21-22,27,32,34-36H,6-7,9,13-14,19-20H2,1-5H3,(H,37,39)/b10-8+. The van der Waals surface area contributed by atoms with E-state index in [1.165, 1.54) is 18.9 Å². The van der Waals surface area contributed by atoms with Gasteiger partial charge in [-0.1, -0.05) is 13.0 Å². The molecule has 0 aromatic heterocycles. The summed E-state index contributed by atoms with van der Waals surface area (Å²) in [5.74, 6) is 1.81. The van der Waals surface area contributed by atoms with Crippen LogP contribution in [0, 0.1) is 23.2 Å². The van der Waals surface area contributed by atoms with Crippen molar-refractivity contribution < 1.29 is 19.0 Å². The highest BCUT2D eigenvalue weighted by Crippen LogP contribution is 2.42. The van der Waals surface area contributed by atoms with Crippen LogP contribution in [-0.4, -0.2) is 70.9 Å². The highest BCUT2D eigenvalue weighted by atomic mass is 16.5. The lowest BCUT2D eigenvalue weighted by Gasteiger charge is -2.33. The van der Waals surface area contributed by atoms with Gasteiger partial charge in [-0.2, -0.15) is 5.26 Å². The van der Waals surface area contributed by atoms with Crippen LogP contribution in [0.1, 0.15) is 38.3 Å². The van der Waals surface area contributed by atoms with Crippen LogP contribution in [0.2, 0.25) is 0 Å². The van der Waals surface area contributed by atoms with Crippen molar-refractivity contribution in [2.75, 3.05) is 70.0 Å². The van der Waals surface area contributed by atoms with E-state index in [1.54, 1.807) is 13.2 Å². The van der Waals surface area contributed by atoms with Crippen LogP contribution in [0.15, 0.2) is 42.5 Å². The molecule has 226 valence electrons. The van der Waals surface area contributed by atoms with Crippen LogP contribution in [-0.2, 0) is 4.79 Å². The Balaban J connectivity index is 1.57. The summed E-state index contributed by atoms with van der Waals surface area (Å²) < 4.78 is 17.7. The molecule has 4 rings (SSSR count). The fourth-order valence-corrected chi connectivity index (χ4v) is 5.35. The number of nitriles is 1. The number of nitrogens with one attached hydrogen (secondary N) is 4. The van der Waals surface area contributed by atoms with Gasteiger partial charge in [0.25, 0.3) is 0 Å². The Hall–Kier alpha value is -3.94. The zero-order valence-corrected chi connectivity index (χ0v) is 25.3. The number of rotatable bonds is 12. The number of hydrogen-bond acceptors (Lipinski definition) is 9. The van der Waals surface area contributed by atoms with Gasteiger partial charge >= 0.3 is 0 Å². The van der Waals surface area contributed by atoms with Gasteiger partial charge in [-0.25, -0.2) is 0 Å². The molecule has 2 aliphatic rings. The zero-order chi connectivity index (χ0) is 30.1. The van der Waals surface area contributed by atoms with E-state index in [4.69, 9.17) is 14.2 Å². The molecule has 0 bridgehead atoms. The molecule has 0 spiro atoms. The number of amides is 1. The van der Waals surface area contributed by atoms with Crippen molar-refractivity contribution in [3.05, 3.63) is 48.0 Å². The first-order valence-electron chi connectivity index (χ1n) is 14.7. The lowest BCUT2D eigenvalue weighted by Crippen LogP contribution is -2.44. The number of hydrogen-bond donors (Lipinski definition) is 4. The smallest absolute Gasteiger partial charge is 0.248 e. The van der Waals surface area contributed by atoms with Gasteiger partial charge in [-0.15, -0.1) is 0 Å². The third-order valence-electron chi connectivity index (χ3n) is 7.70. The Morgan fingerprint density at radius 1 is 1.19 bits per heavy atom. The molecule has 2 aromatic rings. The summed E-state index contributed by atoms with van der Waals surface area (Å²) in [6.07, 6.45) is 5.71. The Labute approximate surface area is 249 Å². The number of carbonyl (C=O) groups excluding carboxylic acids is 1. The normalized spacial score (nSPS) is 21.6. The number of ether oxygens (including phenoxy) is 3. The minimum atomic E-state index is -0.361. The van der Waals surface area contributed by atoms with Crippen LogP contribution in [0.25, 0.3) is 0 Å². The monoisotopic (exact) mass is 576 g/mol. The highest BCUT2D eigenvalue weighted by molar-refractivity contribution is 6.00. The molecule has 10 nitrogen and oxygen atoms in total. The van der Waals surface area contributed by atoms with E-state index in [0.29, 0.717) is 61.2 Å². The summed E-state index contributed by atoms with van der Waals surface area (Å²) in [5.41, 5.74) is 3.06. The van der Waals surface area contributed by atoms with Gasteiger partial charge in [0.2, 0.25) is 5.91 Å². The molecule has 4 atom stereocenters. The molecule has 1 fully saturated rings. The molecule has 0 saturated carbocycles. The van der Waals surface area contributed by atoms with Gasteiger partial charge in [-0.3, -0.25) is 4.79 Å². The van der Waals surface area contributed by atoms with Crippen LogP contribution in [0.4, 0.5) is 17.1 Å². The number of carbonyl (C=O) groups is 1. The van der Waals surface area contributed by atoms with Gasteiger partial charge in [-0.05, 0) is 64.5 Å². The van der Waals surface area contributed by atoms with Gasteiger partial charge in [0, 0.05) is 54.3 Å². The van der Waals surface area contributed by atoms with Crippen LogP contribution in [0.5, 0.6) is 17.2 Å². The minimum Gasteiger partial charge on any atom is -0.493 e. The molecule has 1 saturated heterocycles. The lowest BCUT2D eigenvalue weighted by molar-refractivity contribution is -0.111. The summed E-state index contributed by atoms with van der Waals surface area (Å²) >= 11 is 0. The van der Waals surface area contributed by atoms with E-state index in [0.717, 1.165) is 23.5 Å². The molecule has 0 aliphatic carbocycles.